The SMILES string of the molecule is CCCCN(C)C(=O)c1cc(Nc2ccc(C(C)C)cc2)ncn1. The van der Waals surface area contributed by atoms with E-state index in [9.17, 15) is 4.79 Å². The summed E-state index contributed by atoms with van der Waals surface area (Å²) in [5, 5.41) is 3.23. The van der Waals surface area contributed by atoms with E-state index in [1.165, 1.54) is 11.9 Å². The number of amides is 1. The van der Waals surface area contributed by atoms with Gasteiger partial charge in [0.05, 0.1) is 0 Å². The van der Waals surface area contributed by atoms with E-state index in [2.05, 4.69) is 48.2 Å². The van der Waals surface area contributed by atoms with Gasteiger partial charge in [0.1, 0.15) is 17.8 Å². The molecular weight excluding hydrogens is 300 g/mol. The summed E-state index contributed by atoms with van der Waals surface area (Å²) in [6.45, 7) is 7.17. The number of hydrogen-bond acceptors (Lipinski definition) is 4. The van der Waals surface area contributed by atoms with E-state index in [0.717, 1.165) is 25.1 Å². The van der Waals surface area contributed by atoms with Crippen LogP contribution in [-0.2, 0) is 0 Å². The first-order chi connectivity index (χ1) is 11.5. The quantitative estimate of drug-likeness (QED) is 0.828. The number of unbranched alkanes of at least 4 members (excludes halogenated alkanes) is 1. The second-order valence-electron chi connectivity index (χ2n) is 6.27. The Kier molecular flexibility index (Phi) is 6.29. The number of nitrogens with zero attached hydrogens (tertiary/aromatic N) is 3. The first-order valence-corrected chi connectivity index (χ1v) is 8.45. The Balaban J connectivity index is 2.08. The Bertz CT molecular complexity index is 667. The molecule has 1 heterocycles. The van der Waals surface area contributed by atoms with Crippen LogP contribution < -0.4 is 5.32 Å². The topological polar surface area (TPSA) is 58.1 Å². The zero-order valence-electron chi connectivity index (χ0n) is 14.9. The summed E-state index contributed by atoms with van der Waals surface area (Å²) in [6, 6.07) is 9.93. The van der Waals surface area contributed by atoms with Crippen LogP contribution in [0.2, 0.25) is 0 Å². The number of rotatable bonds is 7. The Labute approximate surface area is 144 Å². The van der Waals surface area contributed by atoms with Gasteiger partial charge in [-0.05, 0) is 30.0 Å². The fourth-order valence-corrected chi connectivity index (χ4v) is 2.33. The zero-order valence-corrected chi connectivity index (χ0v) is 14.9. The van der Waals surface area contributed by atoms with Gasteiger partial charge in [0.15, 0.2) is 0 Å². The molecule has 0 aliphatic carbocycles. The summed E-state index contributed by atoms with van der Waals surface area (Å²) in [5.74, 6) is 1.04. The molecule has 0 saturated heterocycles. The van der Waals surface area contributed by atoms with E-state index in [0.29, 0.717) is 17.4 Å². The zero-order chi connectivity index (χ0) is 17.5. The van der Waals surface area contributed by atoms with Crippen LogP contribution in [0.3, 0.4) is 0 Å². The Hall–Kier alpha value is -2.43. The summed E-state index contributed by atoms with van der Waals surface area (Å²) < 4.78 is 0. The second-order valence-corrected chi connectivity index (χ2v) is 6.27. The molecule has 0 aliphatic rings. The third-order valence-electron chi connectivity index (χ3n) is 3.93. The molecule has 0 fully saturated rings. The van der Waals surface area contributed by atoms with Crippen molar-refractivity contribution in [3.05, 3.63) is 47.9 Å². The molecule has 1 aromatic heterocycles. The van der Waals surface area contributed by atoms with E-state index in [1.54, 1.807) is 18.0 Å². The van der Waals surface area contributed by atoms with Gasteiger partial charge in [-0.2, -0.15) is 0 Å². The third kappa shape index (κ3) is 4.78. The van der Waals surface area contributed by atoms with Crippen molar-refractivity contribution in [2.45, 2.75) is 39.5 Å². The predicted octanol–water partition coefficient (Wildman–Crippen LogP) is 4.22. The molecule has 0 aliphatic heterocycles. The number of aromatic nitrogens is 2. The van der Waals surface area contributed by atoms with Gasteiger partial charge in [-0.15, -0.1) is 0 Å². The molecule has 2 rings (SSSR count). The molecule has 5 heteroatoms. The van der Waals surface area contributed by atoms with Crippen molar-refractivity contribution in [1.82, 2.24) is 14.9 Å². The summed E-state index contributed by atoms with van der Waals surface area (Å²) in [6.07, 6.45) is 3.47. The first-order valence-electron chi connectivity index (χ1n) is 8.45. The highest BCUT2D eigenvalue weighted by molar-refractivity contribution is 5.92. The number of benzene rings is 1. The largest absolute Gasteiger partial charge is 0.340 e. The van der Waals surface area contributed by atoms with Crippen LogP contribution in [-0.4, -0.2) is 34.4 Å². The normalized spacial score (nSPS) is 10.7. The molecule has 0 saturated carbocycles. The van der Waals surface area contributed by atoms with Crippen molar-refractivity contribution >= 4 is 17.4 Å². The summed E-state index contributed by atoms with van der Waals surface area (Å²) >= 11 is 0. The fraction of sp³-hybridized carbons (Fsp3) is 0.421. The molecule has 1 amide bonds. The van der Waals surface area contributed by atoms with E-state index >= 15 is 0 Å². The molecule has 5 nitrogen and oxygen atoms in total. The Morgan fingerprint density at radius 2 is 1.92 bits per heavy atom. The molecule has 0 atom stereocenters. The average molecular weight is 326 g/mol. The highest BCUT2D eigenvalue weighted by atomic mass is 16.2. The van der Waals surface area contributed by atoms with E-state index in [1.807, 2.05) is 12.1 Å². The van der Waals surface area contributed by atoms with E-state index < -0.39 is 0 Å². The minimum absolute atomic E-state index is 0.0796. The molecule has 0 radical (unpaired) electrons. The monoisotopic (exact) mass is 326 g/mol. The van der Waals surface area contributed by atoms with Gasteiger partial charge in [-0.3, -0.25) is 4.79 Å². The Morgan fingerprint density at radius 3 is 2.54 bits per heavy atom. The minimum atomic E-state index is -0.0796. The van der Waals surface area contributed by atoms with Crippen molar-refractivity contribution in [3.63, 3.8) is 0 Å². The maximum absolute atomic E-state index is 12.4. The highest BCUT2D eigenvalue weighted by Gasteiger charge is 2.13. The van der Waals surface area contributed by atoms with Crippen molar-refractivity contribution < 1.29 is 4.79 Å². The maximum atomic E-state index is 12.4. The predicted molar refractivity (Wildman–Crippen MR) is 97.7 cm³/mol. The van der Waals surface area contributed by atoms with Crippen molar-refractivity contribution in [1.29, 1.82) is 0 Å². The van der Waals surface area contributed by atoms with E-state index in [-0.39, 0.29) is 5.91 Å². The average Bonchev–Trinajstić information content (AvgIpc) is 2.59. The number of hydrogen-bond donors (Lipinski definition) is 1. The van der Waals surface area contributed by atoms with Crippen LogP contribution in [0, 0.1) is 0 Å². The second kappa shape index (κ2) is 8.43. The lowest BCUT2D eigenvalue weighted by molar-refractivity contribution is 0.0787. The Morgan fingerprint density at radius 1 is 1.21 bits per heavy atom. The molecule has 24 heavy (non-hydrogen) atoms. The number of carbonyl (C=O) groups is 1. The molecule has 1 N–H and O–H groups in total. The van der Waals surface area contributed by atoms with Crippen LogP contribution in [0.1, 0.15) is 55.6 Å². The van der Waals surface area contributed by atoms with Crippen LogP contribution >= 0.6 is 0 Å². The van der Waals surface area contributed by atoms with Crippen LogP contribution in [0.15, 0.2) is 36.7 Å². The van der Waals surface area contributed by atoms with Gasteiger partial charge in [0, 0.05) is 25.3 Å². The lowest BCUT2D eigenvalue weighted by atomic mass is 10.0. The molecular formula is C19H26N4O. The van der Waals surface area contributed by atoms with Crippen LogP contribution in [0.5, 0.6) is 0 Å². The van der Waals surface area contributed by atoms with Crippen LogP contribution in [0.4, 0.5) is 11.5 Å². The fourth-order valence-electron chi connectivity index (χ4n) is 2.33. The standard InChI is InChI=1S/C19H26N4O/c1-5-6-11-23(4)19(24)17-12-18(21-13-20-17)22-16-9-7-15(8-10-16)14(2)3/h7-10,12-14H,5-6,11H2,1-4H3,(H,20,21,22). The summed E-state index contributed by atoms with van der Waals surface area (Å²) in [7, 11) is 1.80. The molecule has 0 bridgehead atoms. The molecule has 2 aromatic rings. The van der Waals surface area contributed by atoms with Gasteiger partial charge in [-0.1, -0.05) is 39.3 Å². The first kappa shape index (κ1) is 17.9. The minimum Gasteiger partial charge on any atom is -0.340 e. The number of anilines is 2. The maximum Gasteiger partial charge on any atom is 0.272 e. The molecule has 1 aromatic carbocycles. The van der Waals surface area contributed by atoms with Gasteiger partial charge >= 0.3 is 0 Å². The number of nitrogens with one attached hydrogen (secondary N) is 1. The smallest absolute Gasteiger partial charge is 0.272 e. The van der Waals surface area contributed by atoms with E-state index in [4.69, 9.17) is 0 Å². The van der Waals surface area contributed by atoms with Crippen LogP contribution in [0.25, 0.3) is 0 Å². The van der Waals surface area contributed by atoms with Crippen molar-refractivity contribution in [2.24, 2.45) is 0 Å². The molecule has 0 unspecified atom stereocenters. The van der Waals surface area contributed by atoms with Gasteiger partial charge in [0.2, 0.25) is 0 Å². The third-order valence-corrected chi connectivity index (χ3v) is 3.93. The van der Waals surface area contributed by atoms with Gasteiger partial charge in [-0.25, -0.2) is 9.97 Å². The number of carbonyl (C=O) groups excluding carboxylic acids is 1. The van der Waals surface area contributed by atoms with Gasteiger partial charge < -0.3 is 10.2 Å². The highest BCUT2D eigenvalue weighted by Crippen LogP contribution is 2.20. The van der Waals surface area contributed by atoms with Gasteiger partial charge in [0.25, 0.3) is 5.91 Å². The lowest BCUT2D eigenvalue weighted by Gasteiger charge is -2.16. The summed E-state index contributed by atoms with van der Waals surface area (Å²) in [4.78, 5) is 22.4. The summed E-state index contributed by atoms with van der Waals surface area (Å²) in [5.41, 5.74) is 2.64. The van der Waals surface area contributed by atoms with Crippen molar-refractivity contribution in [3.8, 4) is 0 Å². The molecule has 0 spiro atoms. The lowest BCUT2D eigenvalue weighted by Crippen LogP contribution is -2.28. The molecule has 128 valence electrons. The van der Waals surface area contributed by atoms with Crippen molar-refractivity contribution in [2.75, 3.05) is 18.9 Å².